The summed E-state index contributed by atoms with van der Waals surface area (Å²) in [6, 6.07) is 7.89. The molecule has 0 bridgehead atoms. The minimum absolute atomic E-state index is 0.169. The molecule has 20 heavy (non-hydrogen) atoms. The summed E-state index contributed by atoms with van der Waals surface area (Å²) < 4.78 is 13.7. The van der Waals surface area contributed by atoms with Crippen molar-refractivity contribution in [2.75, 3.05) is 17.2 Å². The number of aromatic nitrogens is 1. The van der Waals surface area contributed by atoms with Crippen LogP contribution in [0.2, 0.25) is 0 Å². The number of rotatable bonds is 4. The number of pyridine rings is 1. The van der Waals surface area contributed by atoms with Crippen molar-refractivity contribution in [1.29, 1.82) is 0 Å². The Morgan fingerprint density at radius 2 is 2.10 bits per heavy atom. The molecule has 4 nitrogen and oxygen atoms in total. The molecule has 0 spiro atoms. The number of benzene rings is 1. The minimum Gasteiger partial charge on any atom is -0.370 e. The van der Waals surface area contributed by atoms with Crippen LogP contribution in [-0.4, -0.2) is 17.4 Å². The molecule has 0 saturated heterocycles. The van der Waals surface area contributed by atoms with Crippen LogP contribution in [0.4, 0.5) is 15.9 Å². The molecule has 1 amide bonds. The van der Waals surface area contributed by atoms with Gasteiger partial charge in [0.1, 0.15) is 11.6 Å². The lowest BCUT2D eigenvalue weighted by molar-refractivity contribution is 0.102. The highest BCUT2D eigenvalue weighted by atomic mass is 19.1. The largest absolute Gasteiger partial charge is 0.370 e. The zero-order valence-electron chi connectivity index (χ0n) is 11.4. The number of nitrogens with zero attached hydrogens (tertiary/aromatic N) is 1. The van der Waals surface area contributed by atoms with Crippen LogP contribution in [0.1, 0.15) is 22.8 Å². The van der Waals surface area contributed by atoms with E-state index < -0.39 is 5.82 Å². The normalized spacial score (nSPS) is 10.2. The predicted molar refractivity (Wildman–Crippen MR) is 77.5 cm³/mol. The third-order valence-electron chi connectivity index (χ3n) is 2.75. The number of amides is 1. The fourth-order valence-corrected chi connectivity index (χ4v) is 1.77. The molecule has 2 rings (SSSR count). The van der Waals surface area contributed by atoms with Gasteiger partial charge in [0.15, 0.2) is 0 Å². The van der Waals surface area contributed by atoms with Gasteiger partial charge < -0.3 is 10.6 Å². The molecule has 0 atom stereocenters. The Bertz CT molecular complexity index is 628. The smallest absolute Gasteiger partial charge is 0.255 e. The Kier molecular flexibility index (Phi) is 4.30. The van der Waals surface area contributed by atoms with Crippen molar-refractivity contribution < 1.29 is 9.18 Å². The van der Waals surface area contributed by atoms with Gasteiger partial charge in [-0.05, 0) is 43.7 Å². The van der Waals surface area contributed by atoms with E-state index in [1.165, 1.54) is 6.07 Å². The highest BCUT2D eigenvalue weighted by Crippen LogP contribution is 2.17. The van der Waals surface area contributed by atoms with E-state index in [2.05, 4.69) is 15.6 Å². The second kappa shape index (κ2) is 6.14. The maximum Gasteiger partial charge on any atom is 0.255 e. The Labute approximate surface area is 117 Å². The van der Waals surface area contributed by atoms with Crippen molar-refractivity contribution in [2.24, 2.45) is 0 Å². The lowest BCUT2D eigenvalue weighted by Crippen LogP contribution is -2.13. The molecule has 0 unspecified atom stereocenters. The summed E-state index contributed by atoms with van der Waals surface area (Å²) in [4.78, 5) is 16.2. The quantitative estimate of drug-likeness (QED) is 0.899. The number of aryl methyl sites for hydroxylation is 1. The van der Waals surface area contributed by atoms with E-state index in [-0.39, 0.29) is 11.6 Å². The molecule has 2 N–H and O–H groups in total. The zero-order chi connectivity index (χ0) is 14.5. The van der Waals surface area contributed by atoms with Gasteiger partial charge in [-0.3, -0.25) is 4.79 Å². The van der Waals surface area contributed by atoms with Gasteiger partial charge in [-0.25, -0.2) is 9.37 Å². The standard InChI is InChI=1S/C15H16FN3O/c1-3-17-14-9-11(6-7-18-14)15(20)19-13-5-4-10(2)8-12(13)16/h4-9H,3H2,1-2H3,(H,17,18)(H,19,20). The van der Waals surface area contributed by atoms with Crippen molar-refractivity contribution in [3.8, 4) is 0 Å². The Hall–Kier alpha value is -2.43. The van der Waals surface area contributed by atoms with Crippen LogP contribution in [0.15, 0.2) is 36.5 Å². The van der Waals surface area contributed by atoms with Crippen molar-refractivity contribution in [3.63, 3.8) is 0 Å². The monoisotopic (exact) mass is 273 g/mol. The van der Waals surface area contributed by atoms with Crippen molar-refractivity contribution in [2.45, 2.75) is 13.8 Å². The average molecular weight is 273 g/mol. The Balaban J connectivity index is 2.17. The molecule has 1 aromatic carbocycles. The molecule has 2 aromatic rings. The van der Waals surface area contributed by atoms with E-state index in [0.29, 0.717) is 17.9 Å². The molecule has 5 heteroatoms. The van der Waals surface area contributed by atoms with Crippen molar-refractivity contribution in [1.82, 2.24) is 4.98 Å². The topological polar surface area (TPSA) is 54.0 Å². The third-order valence-corrected chi connectivity index (χ3v) is 2.75. The first-order valence-corrected chi connectivity index (χ1v) is 6.37. The minimum atomic E-state index is -0.445. The molecule has 104 valence electrons. The first kappa shape index (κ1) is 14.0. The second-order valence-electron chi connectivity index (χ2n) is 4.40. The number of carbonyl (C=O) groups is 1. The lowest BCUT2D eigenvalue weighted by Gasteiger charge is -2.08. The Morgan fingerprint density at radius 3 is 2.80 bits per heavy atom. The molecular formula is C15H16FN3O. The van der Waals surface area contributed by atoms with Gasteiger partial charge in [0, 0.05) is 18.3 Å². The number of anilines is 2. The van der Waals surface area contributed by atoms with Crippen molar-refractivity contribution in [3.05, 3.63) is 53.5 Å². The predicted octanol–water partition coefficient (Wildman–Crippen LogP) is 3.21. The number of carbonyl (C=O) groups excluding carboxylic acids is 1. The van der Waals surface area contributed by atoms with Gasteiger partial charge >= 0.3 is 0 Å². The van der Waals surface area contributed by atoms with Gasteiger partial charge in [-0.1, -0.05) is 6.07 Å². The number of hydrogen-bond donors (Lipinski definition) is 2. The summed E-state index contributed by atoms with van der Waals surface area (Å²) >= 11 is 0. The van der Waals surface area contributed by atoms with E-state index in [0.717, 1.165) is 5.56 Å². The van der Waals surface area contributed by atoms with Gasteiger partial charge in [0.2, 0.25) is 0 Å². The van der Waals surface area contributed by atoms with Crippen LogP contribution in [-0.2, 0) is 0 Å². The molecule has 1 heterocycles. The van der Waals surface area contributed by atoms with E-state index in [1.54, 1.807) is 37.4 Å². The van der Waals surface area contributed by atoms with Crippen LogP contribution in [0.5, 0.6) is 0 Å². The molecule has 1 aromatic heterocycles. The van der Waals surface area contributed by atoms with Gasteiger partial charge in [0.25, 0.3) is 5.91 Å². The molecule has 0 fully saturated rings. The molecular weight excluding hydrogens is 257 g/mol. The van der Waals surface area contributed by atoms with Crippen LogP contribution in [0, 0.1) is 12.7 Å². The first-order chi connectivity index (χ1) is 9.60. The van der Waals surface area contributed by atoms with Crippen LogP contribution in [0.3, 0.4) is 0 Å². The van der Waals surface area contributed by atoms with Gasteiger partial charge in [-0.15, -0.1) is 0 Å². The first-order valence-electron chi connectivity index (χ1n) is 6.37. The molecule has 0 aliphatic carbocycles. The molecule has 0 aliphatic rings. The molecule has 0 aliphatic heterocycles. The molecule has 0 saturated carbocycles. The summed E-state index contributed by atoms with van der Waals surface area (Å²) in [5.41, 5.74) is 1.40. The van der Waals surface area contributed by atoms with E-state index in [9.17, 15) is 9.18 Å². The van der Waals surface area contributed by atoms with E-state index in [1.807, 2.05) is 6.92 Å². The van der Waals surface area contributed by atoms with Crippen LogP contribution < -0.4 is 10.6 Å². The van der Waals surface area contributed by atoms with E-state index in [4.69, 9.17) is 0 Å². The van der Waals surface area contributed by atoms with E-state index >= 15 is 0 Å². The maximum absolute atomic E-state index is 13.7. The maximum atomic E-state index is 13.7. The fourth-order valence-electron chi connectivity index (χ4n) is 1.77. The average Bonchev–Trinajstić information content (AvgIpc) is 2.42. The van der Waals surface area contributed by atoms with Crippen molar-refractivity contribution >= 4 is 17.4 Å². The number of nitrogens with one attached hydrogen (secondary N) is 2. The molecule has 0 radical (unpaired) electrons. The third kappa shape index (κ3) is 3.32. The fraction of sp³-hybridized carbons (Fsp3) is 0.200. The van der Waals surface area contributed by atoms with Gasteiger partial charge in [0.05, 0.1) is 5.69 Å². The highest BCUT2D eigenvalue weighted by molar-refractivity contribution is 6.04. The summed E-state index contributed by atoms with van der Waals surface area (Å²) in [6.07, 6.45) is 1.54. The Morgan fingerprint density at radius 1 is 1.30 bits per heavy atom. The SMILES string of the molecule is CCNc1cc(C(=O)Nc2ccc(C)cc2F)ccn1. The van der Waals surface area contributed by atoms with Gasteiger partial charge in [-0.2, -0.15) is 0 Å². The highest BCUT2D eigenvalue weighted by Gasteiger charge is 2.10. The lowest BCUT2D eigenvalue weighted by atomic mass is 10.2. The zero-order valence-corrected chi connectivity index (χ0v) is 11.4. The number of halogens is 1. The van der Waals surface area contributed by atoms with Crippen LogP contribution in [0.25, 0.3) is 0 Å². The second-order valence-corrected chi connectivity index (χ2v) is 4.40. The van der Waals surface area contributed by atoms with Crippen LogP contribution >= 0.6 is 0 Å². The summed E-state index contributed by atoms with van der Waals surface area (Å²) in [5.74, 6) is -0.196. The summed E-state index contributed by atoms with van der Waals surface area (Å²) in [6.45, 7) is 4.45. The summed E-state index contributed by atoms with van der Waals surface area (Å²) in [5, 5.41) is 5.57. The number of hydrogen-bond acceptors (Lipinski definition) is 3. The summed E-state index contributed by atoms with van der Waals surface area (Å²) in [7, 11) is 0.